The molecule has 1 aromatic rings. The predicted octanol–water partition coefficient (Wildman–Crippen LogP) is 0.919. The lowest BCUT2D eigenvalue weighted by Gasteiger charge is -2.34. The highest BCUT2D eigenvalue weighted by Gasteiger charge is 2.37. The molecule has 0 amide bonds. The monoisotopic (exact) mass is 166 g/mol. The van der Waals surface area contributed by atoms with Gasteiger partial charge in [-0.3, -0.25) is 4.79 Å². The molecule has 0 saturated heterocycles. The van der Waals surface area contributed by atoms with Crippen LogP contribution in [0.25, 0.3) is 0 Å². The highest BCUT2D eigenvalue weighted by Crippen LogP contribution is 2.38. The molecule has 0 radical (unpaired) electrons. The third-order valence-electron chi connectivity index (χ3n) is 2.46. The van der Waals surface area contributed by atoms with Crippen LogP contribution in [0.3, 0.4) is 0 Å². The summed E-state index contributed by atoms with van der Waals surface area (Å²) in [6.45, 7) is 0. The number of aromatic nitrogens is 2. The molecule has 0 bridgehead atoms. The zero-order valence-electron chi connectivity index (χ0n) is 6.55. The molecule has 2 rings (SSSR count). The van der Waals surface area contributed by atoms with Crippen molar-refractivity contribution in [1.82, 2.24) is 9.55 Å². The van der Waals surface area contributed by atoms with Crippen molar-refractivity contribution >= 4 is 5.97 Å². The second-order valence-corrected chi connectivity index (χ2v) is 3.10. The number of carbonyl (C=O) groups is 1. The Morgan fingerprint density at radius 3 is 2.83 bits per heavy atom. The van der Waals surface area contributed by atoms with Gasteiger partial charge < -0.3 is 9.67 Å². The van der Waals surface area contributed by atoms with E-state index in [4.69, 9.17) is 5.11 Å². The maximum absolute atomic E-state index is 10.7. The number of carboxylic acid groups (broad SMARTS) is 1. The van der Waals surface area contributed by atoms with E-state index in [0.717, 1.165) is 12.8 Å². The van der Waals surface area contributed by atoms with Gasteiger partial charge >= 0.3 is 5.97 Å². The minimum Gasteiger partial charge on any atom is -0.481 e. The van der Waals surface area contributed by atoms with Gasteiger partial charge in [0.2, 0.25) is 0 Å². The highest BCUT2D eigenvalue weighted by molar-refractivity contribution is 5.71. The van der Waals surface area contributed by atoms with Crippen molar-refractivity contribution in [3.05, 3.63) is 18.7 Å². The van der Waals surface area contributed by atoms with E-state index in [9.17, 15) is 4.79 Å². The fourth-order valence-electron chi connectivity index (χ4n) is 1.59. The summed E-state index contributed by atoms with van der Waals surface area (Å²) in [6.07, 6.45) is 6.92. The maximum Gasteiger partial charge on any atom is 0.308 e. The fourth-order valence-corrected chi connectivity index (χ4v) is 1.59. The van der Waals surface area contributed by atoms with Crippen LogP contribution < -0.4 is 0 Å². The molecule has 4 heteroatoms. The zero-order valence-corrected chi connectivity index (χ0v) is 6.55. The Hall–Kier alpha value is -1.32. The Labute approximate surface area is 69.8 Å². The summed E-state index contributed by atoms with van der Waals surface area (Å²) in [4.78, 5) is 14.5. The molecule has 12 heavy (non-hydrogen) atoms. The van der Waals surface area contributed by atoms with Crippen LogP contribution in [0.5, 0.6) is 0 Å². The van der Waals surface area contributed by atoms with Gasteiger partial charge in [-0.1, -0.05) is 0 Å². The maximum atomic E-state index is 10.7. The zero-order chi connectivity index (χ0) is 8.55. The molecular formula is C8H10N2O2. The summed E-state index contributed by atoms with van der Waals surface area (Å²) in [5.41, 5.74) is 0. The molecule has 4 nitrogen and oxygen atoms in total. The van der Waals surface area contributed by atoms with E-state index in [0.29, 0.717) is 0 Å². The van der Waals surface area contributed by atoms with Crippen molar-refractivity contribution in [3.8, 4) is 0 Å². The Kier molecular flexibility index (Phi) is 1.60. The smallest absolute Gasteiger partial charge is 0.308 e. The van der Waals surface area contributed by atoms with Crippen molar-refractivity contribution in [2.75, 3.05) is 0 Å². The van der Waals surface area contributed by atoms with E-state index in [1.54, 1.807) is 12.5 Å². The van der Waals surface area contributed by atoms with Crippen LogP contribution in [-0.4, -0.2) is 20.6 Å². The quantitative estimate of drug-likeness (QED) is 0.710. The molecule has 64 valence electrons. The van der Waals surface area contributed by atoms with Crippen molar-refractivity contribution in [3.63, 3.8) is 0 Å². The molecule has 1 heterocycles. The second-order valence-electron chi connectivity index (χ2n) is 3.10. The third kappa shape index (κ3) is 0.995. The summed E-state index contributed by atoms with van der Waals surface area (Å²) >= 11 is 0. The summed E-state index contributed by atoms with van der Waals surface area (Å²) in [7, 11) is 0. The van der Waals surface area contributed by atoms with Crippen LogP contribution in [0.4, 0.5) is 0 Å². The molecule has 0 unspecified atom stereocenters. The van der Waals surface area contributed by atoms with Crippen molar-refractivity contribution < 1.29 is 9.90 Å². The fraction of sp³-hybridized carbons (Fsp3) is 0.500. The Balaban J connectivity index is 2.12. The average molecular weight is 166 g/mol. The van der Waals surface area contributed by atoms with E-state index in [1.165, 1.54) is 0 Å². The molecule has 0 aliphatic heterocycles. The number of carboxylic acids is 1. The molecule has 0 aromatic carbocycles. The SMILES string of the molecule is O=C(O)[C@@H]1CC[C@H]1n1ccnc1. The molecule has 2 atom stereocenters. The minimum atomic E-state index is -0.694. The lowest BCUT2D eigenvalue weighted by molar-refractivity contribution is -0.147. The van der Waals surface area contributed by atoms with Gasteiger partial charge in [-0.05, 0) is 12.8 Å². The van der Waals surface area contributed by atoms with Crippen molar-refractivity contribution in [2.24, 2.45) is 5.92 Å². The number of hydrogen-bond acceptors (Lipinski definition) is 2. The normalized spacial score (nSPS) is 28.0. The first-order valence-corrected chi connectivity index (χ1v) is 3.99. The van der Waals surface area contributed by atoms with E-state index < -0.39 is 5.97 Å². The molecule has 1 saturated carbocycles. The average Bonchev–Trinajstić information content (AvgIpc) is 2.35. The van der Waals surface area contributed by atoms with Gasteiger partial charge in [-0.15, -0.1) is 0 Å². The van der Waals surface area contributed by atoms with E-state index in [2.05, 4.69) is 4.98 Å². The Morgan fingerprint density at radius 2 is 2.42 bits per heavy atom. The minimum absolute atomic E-state index is 0.130. The topological polar surface area (TPSA) is 55.1 Å². The van der Waals surface area contributed by atoms with Crippen molar-refractivity contribution in [2.45, 2.75) is 18.9 Å². The van der Waals surface area contributed by atoms with Crippen LogP contribution in [-0.2, 0) is 4.79 Å². The molecule has 0 spiro atoms. The van der Waals surface area contributed by atoms with E-state index >= 15 is 0 Å². The summed E-state index contributed by atoms with van der Waals surface area (Å²) < 4.78 is 1.88. The predicted molar refractivity (Wildman–Crippen MR) is 41.6 cm³/mol. The third-order valence-corrected chi connectivity index (χ3v) is 2.46. The van der Waals surface area contributed by atoms with Gasteiger partial charge in [-0.25, -0.2) is 4.98 Å². The Morgan fingerprint density at radius 1 is 1.58 bits per heavy atom. The van der Waals surface area contributed by atoms with E-state index in [1.807, 2.05) is 10.8 Å². The van der Waals surface area contributed by atoms with Crippen LogP contribution in [0.1, 0.15) is 18.9 Å². The summed E-state index contributed by atoms with van der Waals surface area (Å²) in [5, 5.41) is 8.77. The van der Waals surface area contributed by atoms with Crippen LogP contribution >= 0.6 is 0 Å². The number of nitrogens with zero attached hydrogens (tertiary/aromatic N) is 2. The van der Waals surface area contributed by atoms with Crippen LogP contribution in [0.15, 0.2) is 18.7 Å². The molecule has 1 aliphatic rings. The first-order chi connectivity index (χ1) is 5.79. The van der Waals surface area contributed by atoms with Gasteiger partial charge in [0.25, 0.3) is 0 Å². The van der Waals surface area contributed by atoms with Gasteiger partial charge in [0.15, 0.2) is 0 Å². The van der Waals surface area contributed by atoms with Gasteiger partial charge in [-0.2, -0.15) is 0 Å². The number of rotatable bonds is 2. The lowest BCUT2D eigenvalue weighted by Crippen LogP contribution is -2.34. The summed E-state index contributed by atoms with van der Waals surface area (Å²) in [6, 6.07) is 0.130. The molecular weight excluding hydrogens is 156 g/mol. The van der Waals surface area contributed by atoms with E-state index in [-0.39, 0.29) is 12.0 Å². The first-order valence-electron chi connectivity index (χ1n) is 3.99. The molecule has 1 aliphatic carbocycles. The van der Waals surface area contributed by atoms with Crippen LogP contribution in [0.2, 0.25) is 0 Å². The van der Waals surface area contributed by atoms with Gasteiger partial charge in [0, 0.05) is 18.4 Å². The summed E-state index contributed by atoms with van der Waals surface area (Å²) in [5.74, 6) is -0.904. The Bertz CT molecular complexity index is 281. The highest BCUT2D eigenvalue weighted by atomic mass is 16.4. The molecule has 1 fully saturated rings. The van der Waals surface area contributed by atoms with Crippen molar-refractivity contribution in [1.29, 1.82) is 0 Å². The number of hydrogen-bond donors (Lipinski definition) is 1. The molecule has 1 N–H and O–H groups in total. The lowest BCUT2D eigenvalue weighted by atomic mass is 9.79. The standard InChI is InChI=1S/C8H10N2O2/c11-8(12)6-1-2-7(6)10-4-3-9-5-10/h3-7H,1-2H2,(H,11,12)/t6-,7-/m1/s1. The molecule has 1 aromatic heterocycles. The van der Waals surface area contributed by atoms with Crippen LogP contribution in [0, 0.1) is 5.92 Å². The first kappa shape index (κ1) is 7.34. The largest absolute Gasteiger partial charge is 0.481 e. The second kappa shape index (κ2) is 2.62. The number of aliphatic carboxylic acids is 1. The number of imidazole rings is 1. The van der Waals surface area contributed by atoms with Gasteiger partial charge in [0.1, 0.15) is 0 Å². The van der Waals surface area contributed by atoms with Gasteiger partial charge in [0.05, 0.1) is 12.2 Å².